The molecule has 0 aliphatic rings. The van der Waals surface area contributed by atoms with Gasteiger partial charge in [-0.1, -0.05) is 18.2 Å². The van der Waals surface area contributed by atoms with E-state index in [0.717, 1.165) is 15.8 Å². The van der Waals surface area contributed by atoms with Crippen molar-refractivity contribution in [3.05, 3.63) is 48.7 Å². The molecule has 3 aromatic rings. The van der Waals surface area contributed by atoms with Gasteiger partial charge < -0.3 is 24.3 Å². The Labute approximate surface area is 192 Å². The van der Waals surface area contributed by atoms with Crippen LogP contribution in [0, 0.1) is 0 Å². The summed E-state index contributed by atoms with van der Waals surface area (Å²) >= 11 is 1.44. The largest absolute Gasteiger partial charge is 0.497 e. The molecule has 7 nitrogen and oxygen atoms in total. The van der Waals surface area contributed by atoms with Crippen LogP contribution < -0.4 is 14.8 Å². The highest BCUT2D eigenvalue weighted by atomic mass is 32.2. The third kappa shape index (κ3) is 5.37. The van der Waals surface area contributed by atoms with Gasteiger partial charge in [0.15, 0.2) is 0 Å². The molecule has 0 aliphatic carbocycles. The SMILES string of the molecule is CCN(CC)C(=O)Cn1cc(SCC(=O)Nc2ccc(OC)cc2OC)c2ccccc21. The monoisotopic (exact) mass is 455 g/mol. The van der Waals surface area contributed by atoms with Gasteiger partial charge in [0, 0.05) is 41.2 Å². The first-order valence-electron chi connectivity index (χ1n) is 10.5. The fourth-order valence-electron chi connectivity index (χ4n) is 3.51. The molecule has 0 aliphatic heterocycles. The Morgan fingerprint density at radius 1 is 1.06 bits per heavy atom. The molecule has 1 N–H and O–H groups in total. The molecule has 2 aromatic carbocycles. The van der Waals surface area contributed by atoms with Gasteiger partial charge in [-0.15, -0.1) is 11.8 Å². The molecule has 0 bridgehead atoms. The van der Waals surface area contributed by atoms with E-state index in [9.17, 15) is 9.59 Å². The second-order valence-electron chi connectivity index (χ2n) is 7.11. The molecule has 3 rings (SSSR count). The van der Waals surface area contributed by atoms with Crippen LogP contribution in [0.4, 0.5) is 5.69 Å². The number of rotatable bonds is 10. The van der Waals surface area contributed by atoms with Gasteiger partial charge in [-0.3, -0.25) is 9.59 Å². The maximum atomic E-state index is 12.6. The molecular weight excluding hydrogens is 426 g/mol. The zero-order chi connectivity index (χ0) is 23.1. The fraction of sp³-hybridized carbons (Fsp3) is 0.333. The first-order valence-corrected chi connectivity index (χ1v) is 11.5. The number of nitrogens with zero attached hydrogens (tertiary/aromatic N) is 2. The Bertz CT molecular complexity index is 1090. The van der Waals surface area contributed by atoms with Crippen molar-refractivity contribution in [3.8, 4) is 11.5 Å². The number of aromatic nitrogens is 1. The first kappa shape index (κ1) is 23.5. The minimum atomic E-state index is -0.144. The molecule has 1 aromatic heterocycles. The van der Waals surface area contributed by atoms with E-state index in [-0.39, 0.29) is 24.1 Å². The van der Waals surface area contributed by atoms with Crippen LogP contribution in [-0.2, 0) is 16.1 Å². The molecule has 0 fully saturated rings. The predicted molar refractivity (Wildman–Crippen MR) is 129 cm³/mol. The molecule has 0 radical (unpaired) electrons. The number of hydrogen-bond acceptors (Lipinski definition) is 5. The van der Waals surface area contributed by atoms with Gasteiger partial charge in [0.05, 0.1) is 25.7 Å². The third-order valence-electron chi connectivity index (χ3n) is 5.22. The standard InChI is InChI=1S/C24H29N3O4S/c1-5-26(6-2)24(29)15-27-14-22(18-9-7-8-10-20(18)27)32-16-23(28)25-19-12-11-17(30-3)13-21(19)31-4/h7-14H,5-6,15-16H2,1-4H3,(H,25,28). The molecule has 0 spiro atoms. The number of carbonyl (C=O) groups is 2. The number of thioether (sulfide) groups is 1. The number of benzene rings is 2. The van der Waals surface area contributed by atoms with E-state index in [4.69, 9.17) is 9.47 Å². The third-order valence-corrected chi connectivity index (χ3v) is 6.26. The average Bonchev–Trinajstić information content (AvgIpc) is 3.16. The van der Waals surface area contributed by atoms with Crippen molar-refractivity contribution in [3.63, 3.8) is 0 Å². The lowest BCUT2D eigenvalue weighted by molar-refractivity contribution is -0.131. The van der Waals surface area contributed by atoms with Crippen molar-refractivity contribution >= 4 is 40.2 Å². The second-order valence-corrected chi connectivity index (χ2v) is 8.12. The summed E-state index contributed by atoms with van der Waals surface area (Å²) in [5.74, 6) is 1.36. The molecular formula is C24H29N3O4S. The lowest BCUT2D eigenvalue weighted by Gasteiger charge is -2.19. The van der Waals surface area contributed by atoms with E-state index in [1.165, 1.54) is 11.8 Å². The lowest BCUT2D eigenvalue weighted by atomic mass is 10.2. The van der Waals surface area contributed by atoms with Gasteiger partial charge in [-0.25, -0.2) is 0 Å². The van der Waals surface area contributed by atoms with Crippen LogP contribution in [0.1, 0.15) is 13.8 Å². The number of fused-ring (bicyclic) bond motifs is 1. The molecule has 2 amide bonds. The van der Waals surface area contributed by atoms with Crippen LogP contribution >= 0.6 is 11.8 Å². The number of nitrogens with one attached hydrogen (secondary N) is 1. The highest BCUT2D eigenvalue weighted by Crippen LogP contribution is 2.32. The summed E-state index contributed by atoms with van der Waals surface area (Å²) in [6.45, 7) is 5.61. The van der Waals surface area contributed by atoms with Crippen LogP contribution in [0.3, 0.4) is 0 Å². The van der Waals surface area contributed by atoms with Crippen LogP contribution in [0.25, 0.3) is 10.9 Å². The summed E-state index contributed by atoms with van der Waals surface area (Å²) in [6, 6.07) is 13.2. The quantitative estimate of drug-likeness (QED) is 0.463. The number of hydrogen-bond donors (Lipinski definition) is 1. The summed E-state index contributed by atoms with van der Waals surface area (Å²) in [5, 5.41) is 3.92. The fourth-order valence-corrected chi connectivity index (χ4v) is 4.40. The van der Waals surface area contributed by atoms with Crippen LogP contribution in [0.2, 0.25) is 0 Å². The zero-order valence-corrected chi connectivity index (χ0v) is 19.7. The molecule has 8 heteroatoms. The number of methoxy groups -OCH3 is 2. The Balaban J connectivity index is 1.73. The summed E-state index contributed by atoms with van der Waals surface area (Å²) in [4.78, 5) is 28.0. The van der Waals surface area contributed by atoms with E-state index < -0.39 is 0 Å². The van der Waals surface area contributed by atoms with Crippen molar-refractivity contribution in [2.24, 2.45) is 0 Å². The number of ether oxygens (including phenoxy) is 2. The normalized spacial score (nSPS) is 10.8. The maximum Gasteiger partial charge on any atom is 0.242 e. The van der Waals surface area contributed by atoms with Gasteiger partial charge >= 0.3 is 0 Å². The van der Waals surface area contributed by atoms with Crippen LogP contribution in [0.15, 0.2) is 53.6 Å². The molecule has 0 unspecified atom stereocenters. The van der Waals surface area contributed by atoms with Crippen molar-refractivity contribution in [1.82, 2.24) is 9.47 Å². The highest BCUT2D eigenvalue weighted by Gasteiger charge is 2.16. The number of amides is 2. The van der Waals surface area contributed by atoms with Crippen molar-refractivity contribution in [2.45, 2.75) is 25.3 Å². The summed E-state index contributed by atoms with van der Waals surface area (Å²) < 4.78 is 12.5. The Hall–Kier alpha value is -3.13. The Morgan fingerprint density at radius 2 is 1.81 bits per heavy atom. The molecule has 170 valence electrons. The predicted octanol–water partition coefficient (Wildman–Crippen LogP) is 4.26. The van der Waals surface area contributed by atoms with E-state index >= 15 is 0 Å². The summed E-state index contributed by atoms with van der Waals surface area (Å²) in [7, 11) is 3.13. The first-order chi connectivity index (χ1) is 15.5. The molecule has 0 atom stereocenters. The summed E-state index contributed by atoms with van der Waals surface area (Å²) in [5.41, 5.74) is 1.57. The van der Waals surface area contributed by atoms with Gasteiger partial charge in [0.25, 0.3) is 0 Å². The smallest absolute Gasteiger partial charge is 0.242 e. The van der Waals surface area contributed by atoms with E-state index in [0.29, 0.717) is 30.3 Å². The minimum Gasteiger partial charge on any atom is -0.497 e. The Kier molecular flexibility index (Phi) is 8.05. The lowest BCUT2D eigenvalue weighted by Crippen LogP contribution is -2.33. The number of para-hydroxylation sites is 1. The van der Waals surface area contributed by atoms with Crippen molar-refractivity contribution in [2.75, 3.05) is 38.4 Å². The van der Waals surface area contributed by atoms with Crippen LogP contribution in [0.5, 0.6) is 11.5 Å². The number of anilines is 1. The van der Waals surface area contributed by atoms with Crippen molar-refractivity contribution in [1.29, 1.82) is 0 Å². The topological polar surface area (TPSA) is 72.8 Å². The van der Waals surface area contributed by atoms with Crippen LogP contribution in [-0.4, -0.2) is 54.3 Å². The minimum absolute atomic E-state index is 0.0802. The van der Waals surface area contributed by atoms with Gasteiger partial charge in [-0.2, -0.15) is 0 Å². The van der Waals surface area contributed by atoms with Gasteiger partial charge in [-0.05, 0) is 32.0 Å². The van der Waals surface area contributed by atoms with Crippen molar-refractivity contribution < 1.29 is 19.1 Å². The zero-order valence-electron chi connectivity index (χ0n) is 18.9. The maximum absolute atomic E-state index is 12.6. The molecule has 0 saturated heterocycles. The van der Waals surface area contributed by atoms with E-state index in [1.807, 2.05) is 53.8 Å². The summed E-state index contributed by atoms with van der Waals surface area (Å²) in [6.07, 6.45) is 1.96. The van der Waals surface area contributed by atoms with E-state index in [2.05, 4.69) is 5.32 Å². The van der Waals surface area contributed by atoms with E-state index in [1.54, 1.807) is 32.4 Å². The molecule has 1 heterocycles. The number of carbonyl (C=O) groups excluding carboxylic acids is 2. The van der Waals surface area contributed by atoms with Gasteiger partial charge in [0.2, 0.25) is 11.8 Å². The molecule has 0 saturated carbocycles. The van der Waals surface area contributed by atoms with Gasteiger partial charge in [0.1, 0.15) is 18.0 Å². The Morgan fingerprint density at radius 3 is 2.50 bits per heavy atom. The second kappa shape index (κ2) is 10.9. The number of likely N-dealkylation sites (N-methyl/N-ethyl adjacent to an activating group) is 1. The highest BCUT2D eigenvalue weighted by molar-refractivity contribution is 8.00. The average molecular weight is 456 g/mol. The molecule has 32 heavy (non-hydrogen) atoms.